The highest BCUT2D eigenvalue weighted by molar-refractivity contribution is 5.89. The normalized spacial score (nSPS) is 31.6. The fourth-order valence-electron chi connectivity index (χ4n) is 5.85. The number of aliphatic hydroxyl groups is 3. The van der Waals surface area contributed by atoms with Crippen LogP contribution in [0.5, 0.6) is 5.75 Å². The van der Waals surface area contributed by atoms with Crippen LogP contribution in [0.25, 0.3) is 0 Å². The number of hydrogen-bond acceptors (Lipinski definition) is 12. The van der Waals surface area contributed by atoms with E-state index in [0.717, 1.165) is 25.7 Å². The highest BCUT2D eigenvalue weighted by Gasteiger charge is 2.49. The molecule has 226 valence electrons. The van der Waals surface area contributed by atoms with Crippen LogP contribution < -0.4 is 0 Å². The third-order valence-electron chi connectivity index (χ3n) is 8.34. The topological polar surface area (TPSA) is 172 Å². The van der Waals surface area contributed by atoms with Crippen LogP contribution in [-0.4, -0.2) is 106 Å². The molecule has 3 unspecified atom stereocenters. The molecule has 4 N–H and O–H groups in total. The van der Waals surface area contributed by atoms with Gasteiger partial charge in [-0.1, -0.05) is 30.3 Å². The molecule has 0 spiro atoms. The second kappa shape index (κ2) is 12.8. The zero-order valence-corrected chi connectivity index (χ0v) is 23.0. The minimum atomic E-state index is -1.91. The van der Waals surface area contributed by atoms with Gasteiger partial charge in [0.05, 0.1) is 5.56 Å². The zero-order chi connectivity index (χ0) is 30.0. The quantitative estimate of drug-likeness (QED) is 0.255. The van der Waals surface area contributed by atoms with E-state index >= 15 is 0 Å². The second-order valence-electron chi connectivity index (χ2n) is 11.0. The maximum atomic E-state index is 13.4. The number of ether oxygens (including phenoxy) is 4. The Labute approximate surface area is 242 Å². The van der Waals surface area contributed by atoms with E-state index in [1.165, 1.54) is 24.3 Å². The van der Waals surface area contributed by atoms with Crippen molar-refractivity contribution in [2.75, 3.05) is 13.7 Å². The van der Waals surface area contributed by atoms with Crippen LogP contribution >= 0.6 is 0 Å². The van der Waals surface area contributed by atoms with E-state index in [4.69, 9.17) is 18.9 Å². The molecule has 3 fully saturated rings. The van der Waals surface area contributed by atoms with Gasteiger partial charge in [0, 0.05) is 12.1 Å². The molecule has 2 aromatic rings. The van der Waals surface area contributed by atoms with Crippen LogP contribution in [0.2, 0.25) is 0 Å². The summed E-state index contributed by atoms with van der Waals surface area (Å²) in [4.78, 5) is 41.2. The molecule has 2 aromatic carbocycles. The predicted molar refractivity (Wildman–Crippen MR) is 144 cm³/mol. The predicted octanol–water partition coefficient (Wildman–Crippen LogP) is 0.852. The van der Waals surface area contributed by atoms with Gasteiger partial charge < -0.3 is 44.3 Å². The molecule has 0 saturated carbocycles. The number of phenols is 1. The van der Waals surface area contributed by atoms with Crippen molar-refractivity contribution in [1.29, 1.82) is 0 Å². The van der Waals surface area contributed by atoms with Crippen molar-refractivity contribution in [3.8, 4) is 5.75 Å². The Balaban J connectivity index is 1.24. The van der Waals surface area contributed by atoms with Gasteiger partial charge in [0.25, 0.3) is 0 Å². The minimum absolute atomic E-state index is 0.00479. The molecule has 42 heavy (non-hydrogen) atoms. The third kappa shape index (κ3) is 6.42. The van der Waals surface area contributed by atoms with Gasteiger partial charge in [0.15, 0.2) is 6.10 Å². The number of aromatic hydroxyl groups is 1. The van der Waals surface area contributed by atoms with Crippen LogP contribution in [0.3, 0.4) is 0 Å². The number of nitrogens with zero attached hydrogens (tertiary/aromatic N) is 1. The lowest BCUT2D eigenvalue weighted by Crippen LogP contribution is -2.61. The maximum absolute atomic E-state index is 13.4. The van der Waals surface area contributed by atoms with Gasteiger partial charge in [-0.25, -0.2) is 9.59 Å². The van der Waals surface area contributed by atoms with E-state index in [9.17, 15) is 34.8 Å². The van der Waals surface area contributed by atoms with Crippen molar-refractivity contribution < 1.29 is 53.8 Å². The number of carbonyl (C=O) groups excluding carboxylic acids is 3. The number of phenolic OH excluding ortho intramolecular Hbond substituents is 1. The molecular formula is C30H35NO11. The van der Waals surface area contributed by atoms with Crippen LogP contribution in [-0.2, 0) is 28.5 Å². The average Bonchev–Trinajstić information content (AvgIpc) is 3.17. The van der Waals surface area contributed by atoms with Crippen LogP contribution in [0, 0.1) is 0 Å². The third-order valence-corrected chi connectivity index (χ3v) is 8.34. The highest BCUT2D eigenvalue weighted by atomic mass is 16.7. The number of hydrogen-bond donors (Lipinski definition) is 4. The van der Waals surface area contributed by atoms with Crippen molar-refractivity contribution in [2.45, 2.75) is 80.5 Å². The molecule has 0 aliphatic carbocycles. The fraction of sp³-hybridized carbons (Fsp3) is 0.500. The fourth-order valence-corrected chi connectivity index (χ4v) is 5.85. The lowest BCUT2D eigenvalue weighted by Gasteiger charge is -2.38. The molecule has 12 nitrogen and oxygen atoms in total. The zero-order valence-electron chi connectivity index (χ0n) is 23.0. The summed E-state index contributed by atoms with van der Waals surface area (Å²) in [6.45, 7) is -0.440. The number of benzene rings is 2. The largest absolute Gasteiger partial charge is 0.508 e. The summed E-state index contributed by atoms with van der Waals surface area (Å²) in [5, 5.41) is 40.6. The Hall–Kier alpha value is -3.55. The second-order valence-corrected chi connectivity index (χ2v) is 11.0. The first-order chi connectivity index (χ1) is 20.1. The van der Waals surface area contributed by atoms with Gasteiger partial charge in [0.1, 0.15) is 42.7 Å². The molecule has 2 bridgehead atoms. The number of rotatable bonds is 8. The number of fused-ring (bicyclic) bond motifs is 2. The lowest BCUT2D eigenvalue weighted by molar-refractivity contribution is -0.280. The van der Waals surface area contributed by atoms with Gasteiger partial charge in [-0.15, -0.1) is 0 Å². The Morgan fingerprint density at radius 1 is 0.905 bits per heavy atom. The van der Waals surface area contributed by atoms with Crippen molar-refractivity contribution >= 4 is 17.9 Å². The highest BCUT2D eigenvalue weighted by Crippen LogP contribution is 2.36. The van der Waals surface area contributed by atoms with Crippen LogP contribution in [0.15, 0.2) is 54.6 Å². The summed E-state index contributed by atoms with van der Waals surface area (Å²) >= 11 is 0. The number of piperidine rings is 1. The molecule has 0 aromatic heterocycles. The van der Waals surface area contributed by atoms with E-state index in [1.54, 1.807) is 30.3 Å². The number of carbonyl (C=O) groups is 3. The molecular weight excluding hydrogens is 550 g/mol. The molecule has 0 radical (unpaired) electrons. The lowest BCUT2D eigenvalue weighted by atomic mass is 9.97. The first kappa shape index (κ1) is 29.9. The summed E-state index contributed by atoms with van der Waals surface area (Å²) < 4.78 is 21.8. The monoisotopic (exact) mass is 585 g/mol. The van der Waals surface area contributed by atoms with E-state index in [2.05, 4.69) is 11.9 Å². The molecule has 3 aliphatic heterocycles. The standard InChI is InChI=1S/C30H35NO11/c1-31-18-9-10-19(31)14-21(13-18)40-28(37)22(16-5-3-2-4-6-16)15-39-29(38)26-24(34)23(33)25(35)30(41-26)42-27(36)17-7-11-20(32)12-8-17/h2-8,11-12,18-19,21-26,30,32-35H,9-10,13-15H2,1H3/t18?,19?,21?,22?,23-,24-,25+,26-,30-/m0/s1. The van der Waals surface area contributed by atoms with E-state index in [-0.39, 0.29) is 17.4 Å². The Morgan fingerprint density at radius 3 is 2.19 bits per heavy atom. The van der Waals surface area contributed by atoms with Crippen molar-refractivity contribution in [1.82, 2.24) is 4.90 Å². The summed E-state index contributed by atoms with van der Waals surface area (Å²) in [7, 11) is 2.09. The summed E-state index contributed by atoms with van der Waals surface area (Å²) in [6.07, 6.45) is -6.03. The Bertz CT molecular complexity index is 1240. The molecule has 8 atom stereocenters. The first-order valence-electron chi connectivity index (χ1n) is 14.0. The van der Waals surface area contributed by atoms with Gasteiger partial charge in [-0.2, -0.15) is 0 Å². The number of esters is 3. The SMILES string of the molecule is CN1C2CCC1CC(OC(=O)C(COC(=O)[C@H]1O[C@@H](OC(=O)c3ccc(O)cc3)[C@H](O)[C@@H](O)[C@@H]1O)c1ccccc1)C2. The van der Waals surface area contributed by atoms with E-state index < -0.39 is 61.1 Å². The van der Waals surface area contributed by atoms with Gasteiger partial charge in [-0.3, -0.25) is 4.79 Å². The van der Waals surface area contributed by atoms with Gasteiger partial charge >= 0.3 is 17.9 Å². The van der Waals surface area contributed by atoms with Crippen LogP contribution in [0.4, 0.5) is 0 Å². The molecule has 3 aliphatic rings. The molecule has 12 heteroatoms. The number of aliphatic hydroxyl groups excluding tert-OH is 3. The minimum Gasteiger partial charge on any atom is -0.508 e. The molecule has 5 rings (SSSR count). The smallest absolute Gasteiger partial charge is 0.340 e. The van der Waals surface area contributed by atoms with Crippen LogP contribution in [0.1, 0.15) is 47.5 Å². The summed E-state index contributed by atoms with van der Waals surface area (Å²) in [5.74, 6) is -3.71. The van der Waals surface area contributed by atoms with Crippen molar-refractivity contribution in [2.24, 2.45) is 0 Å². The first-order valence-corrected chi connectivity index (χ1v) is 14.0. The van der Waals surface area contributed by atoms with E-state index in [0.29, 0.717) is 17.6 Å². The molecule has 0 amide bonds. The molecule has 3 heterocycles. The average molecular weight is 586 g/mol. The Kier molecular flexibility index (Phi) is 9.09. The Morgan fingerprint density at radius 2 is 1.55 bits per heavy atom. The van der Waals surface area contributed by atoms with E-state index in [1.807, 2.05) is 0 Å². The summed E-state index contributed by atoms with van der Waals surface area (Å²) in [6, 6.07) is 14.4. The summed E-state index contributed by atoms with van der Waals surface area (Å²) in [5.41, 5.74) is 0.567. The van der Waals surface area contributed by atoms with Crippen molar-refractivity contribution in [3.63, 3.8) is 0 Å². The van der Waals surface area contributed by atoms with Crippen molar-refractivity contribution in [3.05, 3.63) is 65.7 Å². The maximum Gasteiger partial charge on any atom is 0.340 e. The molecule has 3 saturated heterocycles. The van der Waals surface area contributed by atoms with Gasteiger partial charge in [0.2, 0.25) is 6.29 Å². The van der Waals surface area contributed by atoms with Gasteiger partial charge in [-0.05, 0) is 62.6 Å².